The van der Waals surface area contributed by atoms with Gasteiger partial charge < -0.3 is 10.4 Å². The smallest absolute Gasteiger partial charge is 0.311 e. The third-order valence-electron chi connectivity index (χ3n) is 4.12. The molecule has 116 valence electrons. The Kier molecular flexibility index (Phi) is 5.65. The molecule has 6 heteroatoms. The molecule has 1 aliphatic carbocycles. The Labute approximate surface area is 133 Å². The molecule has 4 nitrogen and oxygen atoms in total. The lowest BCUT2D eigenvalue weighted by atomic mass is 9.74. The lowest BCUT2D eigenvalue weighted by Crippen LogP contribution is -2.44. The van der Waals surface area contributed by atoms with E-state index in [1.54, 1.807) is 0 Å². The summed E-state index contributed by atoms with van der Waals surface area (Å²) in [5.41, 5.74) is -0.764. The predicted molar refractivity (Wildman–Crippen MR) is 83.8 cm³/mol. The van der Waals surface area contributed by atoms with Crippen LogP contribution in [-0.2, 0) is 16.0 Å². The molecule has 21 heavy (non-hydrogen) atoms. The van der Waals surface area contributed by atoms with Gasteiger partial charge in [-0.1, -0.05) is 30.9 Å². The van der Waals surface area contributed by atoms with E-state index in [1.165, 1.54) is 11.3 Å². The number of carbonyl (C=O) groups excluding carboxylic acids is 1. The van der Waals surface area contributed by atoms with E-state index < -0.39 is 11.4 Å². The van der Waals surface area contributed by atoms with Crippen molar-refractivity contribution in [1.29, 1.82) is 0 Å². The number of carbonyl (C=O) groups is 2. The lowest BCUT2D eigenvalue weighted by Gasteiger charge is -2.33. The van der Waals surface area contributed by atoms with Crippen LogP contribution in [0.25, 0.3) is 0 Å². The molecule has 0 spiro atoms. The number of hydrogen-bond donors (Lipinski definition) is 2. The average molecular weight is 330 g/mol. The van der Waals surface area contributed by atoms with Crippen molar-refractivity contribution in [3.8, 4) is 0 Å². The van der Waals surface area contributed by atoms with Gasteiger partial charge in [0.05, 0.1) is 9.75 Å². The van der Waals surface area contributed by atoms with Gasteiger partial charge in [0.2, 0.25) is 5.91 Å². The summed E-state index contributed by atoms with van der Waals surface area (Å²) in [4.78, 5) is 24.5. The van der Waals surface area contributed by atoms with Gasteiger partial charge in [-0.05, 0) is 31.4 Å². The highest BCUT2D eigenvalue weighted by Crippen LogP contribution is 2.36. The van der Waals surface area contributed by atoms with Gasteiger partial charge in [0.25, 0.3) is 0 Å². The molecule has 0 unspecified atom stereocenters. The quantitative estimate of drug-likeness (QED) is 0.839. The summed E-state index contributed by atoms with van der Waals surface area (Å²) in [6.45, 7) is 0.242. The van der Waals surface area contributed by atoms with Crippen molar-refractivity contribution < 1.29 is 14.7 Å². The number of nitrogens with one attached hydrogen (secondary N) is 1. The molecule has 2 N–H and O–H groups in total. The molecular weight excluding hydrogens is 310 g/mol. The van der Waals surface area contributed by atoms with E-state index in [9.17, 15) is 14.7 Å². The summed E-state index contributed by atoms with van der Waals surface area (Å²) in [6.07, 6.45) is 5.26. The molecule has 0 aliphatic heterocycles. The van der Waals surface area contributed by atoms with Crippen molar-refractivity contribution in [2.24, 2.45) is 5.41 Å². The molecule has 0 atom stereocenters. The molecule has 0 saturated heterocycles. The largest absolute Gasteiger partial charge is 0.481 e. The van der Waals surface area contributed by atoms with E-state index in [1.807, 2.05) is 12.1 Å². The molecule has 1 aromatic heterocycles. The highest BCUT2D eigenvalue weighted by atomic mass is 35.5. The third kappa shape index (κ3) is 4.45. The van der Waals surface area contributed by atoms with Crippen molar-refractivity contribution >= 4 is 34.8 Å². The SMILES string of the molecule is O=C(CCc1ccc(Cl)s1)NCC1(C(=O)O)CCCCC1. The van der Waals surface area contributed by atoms with Crippen LogP contribution >= 0.6 is 22.9 Å². The molecule has 1 heterocycles. The molecular formula is C15H20ClNO3S. The van der Waals surface area contributed by atoms with Crippen molar-refractivity contribution in [2.45, 2.75) is 44.9 Å². The number of carboxylic acid groups (broad SMARTS) is 1. The number of carboxylic acids is 1. The summed E-state index contributed by atoms with van der Waals surface area (Å²) in [5, 5.41) is 12.3. The van der Waals surface area contributed by atoms with Crippen LogP contribution < -0.4 is 5.32 Å². The van der Waals surface area contributed by atoms with Gasteiger partial charge in [-0.3, -0.25) is 9.59 Å². The topological polar surface area (TPSA) is 66.4 Å². The van der Waals surface area contributed by atoms with Crippen LogP contribution in [0.2, 0.25) is 4.34 Å². The predicted octanol–water partition coefficient (Wildman–Crippen LogP) is 3.49. The Morgan fingerprint density at radius 1 is 1.29 bits per heavy atom. The van der Waals surface area contributed by atoms with Crippen molar-refractivity contribution in [3.05, 3.63) is 21.3 Å². The van der Waals surface area contributed by atoms with E-state index in [0.717, 1.165) is 28.5 Å². The Bertz CT molecular complexity index is 509. The van der Waals surface area contributed by atoms with Gasteiger partial charge in [-0.2, -0.15) is 0 Å². The van der Waals surface area contributed by atoms with Crippen molar-refractivity contribution in [1.82, 2.24) is 5.32 Å². The Morgan fingerprint density at radius 3 is 2.57 bits per heavy atom. The molecule has 2 rings (SSSR count). The van der Waals surface area contributed by atoms with E-state index in [-0.39, 0.29) is 12.5 Å². The zero-order valence-electron chi connectivity index (χ0n) is 11.9. The van der Waals surface area contributed by atoms with Crippen LogP contribution in [-0.4, -0.2) is 23.5 Å². The van der Waals surface area contributed by atoms with Crippen LogP contribution in [0.3, 0.4) is 0 Å². The molecule has 0 bridgehead atoms. The van der Waals surface area contributed by atoms with Crippen molar-refractivity contribution in [3.63, 3.8) is 0 Å². The number of aliphatic carboxylic acids is 1. The maximum absolute atomic E-state index is 11.9. The fourth-order valence-electron chi connectivity index (χ4n) is 2.77. The number of halogens is 1. The molecule has 1 aromatic rings. The Hall–Kier alpha value is -1.07. The molecule has 0 aromatic carbocycles. The maximum atomic E-state index is 11.9. The number of rotatable bonds is 6. The zero-order valence-corrected chi connectivity index (χ0v) is 13.4. The Balaban J connectivity index is 1.80. The summed E-state index contributed by atoms with van der Waals surface area (Å²) in [5.74, 6) is -0.877. The molecule has 1 saturated carbocycles. The fourth-order valence-corrected chi connectivity index (χ4v) is 3.86. The molecule has 1 amide bonds. The monoisotopic (exact) mass is 329 g/mol. The highest BCUT2D eigenvalue weighted by Gasteiger charge is 2.39. The van der Waals surface area contributed by atoms with Gasteiger partial charge in [0.1, 0.15) is 0 Å². The molecule has 0 radical (unpaired) electrons. The zero-order chi connectivity index (χ0) is 15.3. The van der Waals surface area contributed by atoms with Gasteiger partial charge in [0, 0.05) is 17.8 Å². The minimum absolute atomic E-state index is 0.0919. The van der Waals surface area contributed by atoms with Gasteiger partial charge in [-0.25, -0.2) is 0 Å². The first-order valence-electron chi connectivity index (χ1n) is 7.26. The minimum Gasteiger partial charge on any atom is -0.481 e. The summed E-state index contributed by atoms with van der Waals surface area (Å²) >= 11 is 7.32. The number of thiophene rings is 1. The first-order valence-corrected chi connectivity index (χ1v) is 8.46. The average Bonchev–Trinajstić information content (AvgIpc) is 2.89. The Morgan fingerprint density at radius 2 is 2.00 bits per heavy atom. The fraction of sp³-hybridized carbons (Fsp3) is 0.600. The first kappa shape index (κ1) is 16.3. The second kappa shape index (κ2) is 7.27. The van der Waals surface area contributed by atoms with Crippen LogP contribution in [0.4, 0.5) is 0 Å². The van der Waals surface area contributed by atoms with Crippen LogP contribution in [0.15, 0.2) is 12.1 Å². The normalized spacial score (nSPS) is 17.4. The van der Waals surface area contributed by atoms with E-state index >= 15 is 0 Å². The van der Waals surface area contributed by atoms with Gasteiger partial charge in [-0.15, -0.1) is 11.3 Å². The summed E-state index contributed by atoms with van der Waals surface area (Å²) in [7, 11) is 0. The van der Waals surface area contributed by atoms with Crippen LogP contribution in [0.1, 0.15) is 43.4 Å². The van der Waals surface area contributed by atoms with E-state index in [0.29, 0.717) is 25.7 Å². The van der Waals surface area contributed by atoms with Crippen LogP contribution in [0.5, 0.6) is 0 Å². The maximum Gasteiger partial charge on any atom is 0.311 e. The number of amides is 1. The molecule has 1 fully saturated rings. The third-order valence-corrected chi connectivity index (χ3v) is 5.41. The second-order valence-electron chi connectivity index (χ2n) is 5.63. The summed E-state index contributed by atoms with van der Waals surface area (Å²) in [6, 6.07) is 3.74. The molecule has 1 aliphatic rings. The minimum atomic E-state index is -0.785. The van der Waals surface area contributed by atoms with Gasteiger partial charge >= 0.3 is 5.97 Å². The summed E-state index contributed by atoms with van der Waals surface area (Å²) < 4.78 is 0.720. The standard InChI is InChI=1S/C15H20ClNO3S/c16-12-6-4-11(21-12)5-7-13(18)17-10-15(14(19)20)8-2-1-3-9-15/h4,6H,1-3,5,7-10H2,(H,17,18)(H,19,20). The van der Waals surface area contributed by atoms with E-state index in [2.05, 4.69) is 5.32 Å². The lowest BCUT2D eigenvalue weighted by molar-refractivity contribution is -0.151. The number of hydrogen-bond acceptors (Lipinski definition) is 3. The number of aryl methyl sites for hydroxylation is 1. The van der Waals surface area contributed by atoms with Crippen molar-refractivity contribution in [2.75, 3.05) is 6.54 Å². The van der Waals surface area contributed by atoms with Crippen LogP contribution in [0, 0.1) is 5.41 Å². The first-order chi connectivity index (χ1) is 10.0. The van der Waals surface area contributed by atoms with E-state index in [4.69, 9.17) is 11.6 Å². The highest BCUT2D eigenvalue weighted by molar-refractivity contribution is 7.16. The second-order valence-corrected chi connectivity index (χ2v) is 7.43. The van der Waals surface area contributed by atoms with Gasteiger partial charge in [0.15, 0.2) is 0 Å².